The quantitative estimate of drug-likeness (QED) is 0.595. The Hall–Kier alpha value is -0.300. The van der Waals surface area contributed by atoms with Gasteiger partial charge in [-0.15, -0.1) is 0 Å². The van der Waals surface area contributed by atoms with E-state index in [4.69, 9.17) is 0 Å². The molecule has 1 N–H and O–H groups in total. The molecule has 0 saturated carbocycles. The maximum Gasteiger partial charge on any atom is 0.00439 e. The van der Waals surface area contributed by atoms with Crippen LogP contribution in [0.5, 0.6) is 0 Å². The van der Waals surface area contributed by atoms with Crippen molar-refractivity contribution in [2.24, 2.45) is 5.41 Å². The lowest BCUT2D eigenvalue weighted by Gasteiger charge is -2.29. The molecule has 0 aliphatic carbocycles. The standard InChI is InChI=1S/C14H29N/c1-7-9-15-13(4)11-14(5,6)10-12(3)8-2/h13,15H,3,7-11H2,1-2,4-6H3. The van der Waals surface area contributed by atoms with E-state index < -0.39 is 0 Å². The van der Waals surface area contributed by atoms with Gasteiger partial charge in [-0.25, -0.2) is 0 Å². The van der Waals surface area contributed by atoms with Crippen molar-refractivity contribution < 1.29 is 0 Å². The minimum atomic E-state index is 0.382. The van der Waals surface area contributed by atoms with Crippen molar-refractivity contribution >= 4 is 0 Å². The Kier molecular flexibility index (Phi) is 6.91. The van der Waals surface area contributed by atoms with Crippen LogP contribution in [-0.2, 0) is 0 Å². The molecule has 1 unspecified atom stereocenters. The van der Waals surface area contributed by atoms with Crippen LogP contribution in [0.15, 0.2) is 12.2 Å². The number of hydrogen-bond donors (Lipinski definition) is 1. The minimum absolute atomic E-state index is 0.382. The highest BCUT2D eigenvalue weighted by Gasteiger charge is 2.21. The van der Waals surface area contributed by atoms with Gasteiger partial charge in [-0.1, -0.05) is 39.8 Å². The van der Waals surface area contributed by atoms with Crippen LogP contribution >= 0.6 is 0 Å². The highest BCUT2D eigenvalue weighted by Crippen LogP contribution is 2.30. The van der Waals surface area contributed by atoms with Crippen molar-refractivity contribution in [3.63, 3.8) is 0 Å². The van der Waals surface area contributed by atoms with Gasteiger partial charge in [0.2, 0.25) is 0 Å². The predicted octanol–water partition coefficient (Wildman–Crippen LogP) is 4.15. The van der Waals surface area contributed by atoms with Crippen molar-refractivity contribution in [2.45, 2.75) is 66.3 Å². The van der Waals surface area contributed by atoms with Gasteiger partial charge in [0.1, 0.15) is 0 Å². The monoisotopic (exact) mass is 211 g/mol. The van der Waals surface area contributed by atoms with E-state index in [1.165, 1.54) is 18.4 Å². The smallest absolute Gasteiger partial charge is 0.00439 e. The molecule has 0 heterocycles. The van der Waals surface area contributed by atoms with Gasteiger partial charge < -0.3 is 5.32 Å². The predicted molar refractivity (Wildman–Crippen MR) is 70.2 cm³/mol. The topological polar surface area (TPSA) is 12.0 Å². The largest absolute Gasteiger partial charge is 0.314 e. The van der Waals surface area contributed by atoms with E-state index in [1.54, 1.807) is 0 Å². The fraction of sp³-hybridized carbons (Fsp3) is 0.857. The lowest BCUT2D eigenvalue weighted by molar-refractivity contribution is 0.285. The number of hydrogen-bond acceptors (Lipinski definition) is 1. The van der Waals surface area contributed by atoms with Gasteiger partial charge in [0, 0.05) is 6.04 Å². The lowest BCUT2D eigenvalue weighted by Crippen LogP contribution is -2.31. The average Bonchev–Trinajstić information content (AvgIpc) is 2.12. The third-order valence-corrected chi connectivity index (χ3v) is 2.83. The second-order valence-corrected chi connectivity index (χ2v) is 5.50. The van der Waals surface area contributed by atoms with Crippen LogP contribution in [0.4, 0.5) is 0 Å². The third-order valence-electron chi connectivity index (χ3n) is 2.83. The van der Waals surface area contributed by atoms with Crippen LogP contribution in [0.2, 0.25) is 0 Å². The molecule has 15 heavy (non-hydrogen) atoms. The first kappa shape index (κ1) is 14.7. The van der Waals surface area contributed by atoms with Gasteiger partial charge in [0.15, 0.2) is 0 Å². The van der Waals surface area contributed by atoms with E-state index in [9.17, 15) is 0 Å². The minimum Gasteiger partial charge on any atom is -0.314 e. The highest BCUT2D eigenvalue weighted by molar-refractivity contribution is 4.97. The van der Waals surface area contributed by atoms with Gasteiger partial charge in [0.25, 0.3) is 0 Å². The molecule has 1 heteroatoms. The molecule has 0 aromatic rings. The van der Waals surface area contributed by atoms with Crippen molar-refractivity contribution in [1.29, 1.82) is 0 Å². The van der Waals surface area contributed by atoms with Crippen molar-refractivity contribution in [2.75, 3.05) is 6.54 Å². The summed E-state index contributed by atoms with van der Waals surface area (Å²) in [7, 11) is 0. The van der Waals surface area contributed by atoms with Crippen molar-refractivity contribution in [3.8, 4) is 0 Å². The van der Waals surface area contributed by atoms with Crippen LogP contribution in [0.3, 0.4) is 0 Å². The Balaban J connectivity index is 3.95. The van der Waals surface area contributed by atoms with E-state index >= 15 is 0 Å². The highest BCUT2D eigenvalue weighted by atomic mass is 14.9. The van der Waals surface area contributed by atoms with Crippen LogP contribution in [0, 0.1) is 5.41 Å². The molecule has 1 atom stereocenters. The summed E-state index contributed by atoms with van der Waals surface area (Å²) in [4.78, 5) is 0. The number of allylic oxidation sites excluding steroid dienone is 1. The summed E-state index contributed by atoms with van der Waals surface area (Å²) in [6.45, 7) is 16.6. The SMILES string of the molecule is C=C(CC)CC(C)(C)CC(C)NCCC. The summed E-state index contributed by atoms with van der Waals surface area (Å²) in [5, 5.41) is 3.55. The molecule has 0 fully saturated rings. The van der Waals surface area contributed by atoms with Gasteiger partial charge in [0.05, 0.1) is 0 Å². The Bertz CT molecular complexity index is 182. The van der Waals surface area contributed by atoms with Crippen LogP contribution in [0.25, 0.3) is 0 Å². The van der Waals surface area contributed by atoms with Crippen LogP contribution in [0.1, 0.15) is 60.3 Å². The summed E-state index contributed by atoms with van der Waals surface area (Å²) in [5.74, 6) is 0. The molecule has 0 amide bonds. The van der Waals surface area contributed by atoms with E-state index in [0.29, 0.717) is 11.5 Å². The van der Waals surface area contributed by atoms with Crippen LogP contribution in [-0.4, -0.2) is 12.6 Å². The zero-order valence-corrected chi connectivity index (χ0v) is 11.3. The molecule has 0 aromatic carbocycles. The first-order valence-electron chi connectivity index (χ1n) is 6.31. The Labute approximate surface area is 96.3 Å². The van der Waals surface area contributed by atoms with E-state index in [-0.39, 0.29) is 0 Å². The molecule has 0 saturated heterocycles. The molecule has 1 nitrogen and oxygen atoms in total. The first-order valence-corrected chi connectivity index (χ1v) is 6.31. The number of rotatable bonds is 8. The second-order valence-electron chi connectivity index (χ2n) is 5.50. The van der Waals surface area contributed by atoms with Gasteiger partial charge in [-0.3, -0.25) is 0 Å². The summed E-state index contributed by atoms with van der Waals surface area (Å²) in [6.07, 6.45) is 4.71. The third kappa shape index (κ3) is 7.61. The first-order chi connectivity index (χ1) is 6.91. The fourth-order valence-electron chi connectivity index (χ4n) is 2.17. The Morgan fingerprint density at radius 3 is 2.40 bits per heavy atom. The summed E-state index contributed by atoms with van der Waals surface area (Å²) < 4.78 is 0. The summed E-state index contributed by atoms with van der Waals surface area (Å²) in [6, 6.07) is 0.615. The van der Waals surface area contributed by atoms with E-state index in [2.05, 4.69) is 46.5 Å². The zero-order chi connectivity index (χ0) is 11.9. The molecular formula is C14H29N. The van der Waals surface area contributed by atoms with Gasteiger partial charge >= 0.3 is 0 Å². The maximum atomic E-state index is 4.11. The maximum absolute atomic E-state index is 4.11. The molecular weight excluding hydrogens is 182 g/mol. The Morgan fingerprint density at radius 2 is 1.93 bits per heavy atom. The van der Waals surface area contributed by atoms with Gasteiger partial charge in [-0.2, -0.15) is 0 Å². The molecule has 0 radical (unpaired) electrons. The molecule has 0 aliphatic rings. The number of nitrogens with one attached hydrogen (secondary N) is 1. The fourth-order valence-corrected chi connectivity index (χ4v) is 2.17. The van der Waals surface area contributed by atoms with Crippen LogP contribution < -0.4 is 5.32 Å². The average molecular weight is 211 g/mol. The second kappa shape index (κ2) is 7.05. The molecule has 0 bridgehead atoms. The lowest BCUT2D eigenvalue weighted by atomic mass is 9.80. The van der Waals surface area contributed by atoms with E-state index in [1.807, 2.05) is 0 Å². The zero-order valence-electron chi connectivity index (χ0n) is 11.3. The molecule has 0 aliphatic heterocycles. The Morgan fingerprint density at radius 1 is 1.33 bits per heavy atom. The summed E-state index contributed by atoms with van der Waals surface area (Å²) in [5.41, 5.74) is 1.76. The molecule has 90 valence electrons. The normalized spacial score (nSPS) is 13.9. The van der Waals surface area contributed by atoms with Crippen molar-refractivity contribution in [3.05, 3.63) is 12.2 Å². The van der Waals surface area contributed by atoms with Crippen molar-refractivity contribution in [1.82, 2.24) is 5.32 Å². The van der Waals surface area contributed by atoms with Gasteiger partial charge in [-0.05, 0) is 44.6 Å². The summed E-state index contributed by atoms with van der Waals surface area (Å²) >= 11 is 0. The molecule has 0 aromatic heterocycles. The molecule has 0 spiro atoms. The molecule has 0 rings (SSSR count). The van der Waals surface area contributed by atoms with E-state index in [0.717, 1.165) is 19.4 Å².